The van der Waals surface area contributed by atoms with Gasteiger partial charge < -0.3 is 20.1 Å². The van der Waals surface area contributed by atoms with Crippen LogP contribution in [0, 0.1) is 0 Å². The topological polar surface area (TPSA) is 95.9 Å². The quantitative estimate of drug-likeness (QED) is 0.599. The van der Waals surface area contributed by atoms with Gasteiger partial charge in [-0.15, -0.1) is 0 Å². The molecule has 0 aliphatic heterocycles. The second-order valence-corrected chi connectivity index (χ2v) is 8.75. The van der Waals surface area contributed by atoms with Crippen molar-refractivity contribution < 1.29 is 24.2 Å². The molecular formula is C24H28N2O5S. The van der Waals surface area contributed by atoms with Crippen LogP contribution in [0.5, 0.6) is 0 Å². The molecular weight excluding hydrogens is 428 g/mol. The third-order valence-corrected chi connectivity index (χ3v) is 6.47. The molecule has 1 aliphatic carbocycles. The number of carboxylic acids is 1. The summed E-state index contributed by atoms with van der Waals surface area (Å²) >= 11 is 1.54. The molecule has 2 amide bonds. The van der Waals surface area contributed by atoms with Gasteiger partial charge in [0.1, 0.15) is 18.7 Å². The predicted octanol–water partition coefficient (Wildman–Crippen LogP) is 3.58. The maximum atomic E-state index is 12.8. The number of hydrogen-bond donors (Lipinski definition) is 2. The maximum Gasteiger partial charge on any atom is 0.407 e. The Balaban J connectivity index is 1.68. The molecule has 0 unspecified atom stereocenters. The van der Waals surface area contributed by atoms with Crippen LogP contribution in [0.1, 0.15) is 30.4 Å². The Morgan fingerprint density at radius 1 is 1.09 bits per heavy atom. The molecule has 0 saturated carbocycles. The normalized spacial score (nSPS) is 14.1. The first-order valence-corrected chi connectivity index (χ1v) is 11.8. The van der Waals surface area contributed by atoms with E-state index in [1.165, 1.54) is 14.0 Å². The van der Waals surface area contributed by atoms with Crippen molar-refractivity contribution in [2.24, 2.45) is 0 Å². The largest absolute Gasteiger partial charge is 0.480 e. The summed E-state index contributed by atoms with van der Waals surface area (Å²) < 4.78 is 5.54. The molecule has 0 bridgehead atoms. The van der Waals surface area contributed by atoms with Gasteiger partial charge in [0.05, 0.1) is 0 Å². The van der Waals surface area contributed by atoms with Crippen molar-refractivity contribution in [3.8, 4) is 11.1 Å². The summed E-state index contributed by atoms with van der Waals surface area (Å²) in [7, 11) is 1.42. The van der Waals surface area contributed by atoms with Gasteiger partial charge in [-0.2, -0.15) is 11.8 Å². The van der Waals surface area contributed by atoms with Gasteiger partial charge in [-0.25, -0.2) is 9.59 Å². The van der Waals surface area contributed by atoms with Crippen molar-refractivity contribution in [3.05, 3.63) is 59.7 Å². The zero-order chi connectivity index (χ0) is 23.3. The second-order valence-electron chi connectivity index (χ2n) is 7.77. The number of hydrogen-bond acceptors (Lipinski definition) is 5. The fourth-order valence-electron chi connectivity index (χ4n) is 3.88. The minimum Gasteiger partial charge on any atom is -0.480 e. The number of nitrogens with zero attached hydrogens (tertiary/aromatic N) is 1. The highest BCUT2D eigenvalue weighted by Crippen LogP contribution is 2.44. The van der Waals surface area contributed by atoms with E-state index in [0.29, 0.717) is 12.2 Å². The number of aliphatic carboxylic acids is 1. The third kappa shape index (κ3) is 5.07. The Kier molecular flexibility index (Phi) is 7.80. The average molecular weight is 457 g/mol. The molecule has 2 aromatic rings. The van der Waals surface area contributed by atoms with E-state index in [-0.39, 0.29) is 12.5 Å². The molecule has 32 heavy (non-hydrogen) atoms. The standard InChI is InChI=1S/C24H28N2O5S/c1-15(23(28)29)26(2)22(27)21(12-13-32-3)25-24(30)31-14-20-18-10-6-4-8-16(18)17-9-5-7-11-19(17)20/h4-11,15,20-21H,12-14H2,1-3H3,(H,25,30)(H,28,29)/t15-,21-/m0/s1. The average Bonchev–Trinajstić information content (AvgIpc) is 3.12. The summed E-state index contributed by atoms with van der Waals surface area (Å²) in [4.78, 5) is 37.8. The van der Waals surface area contributed by atoms with Crippen molar-refractivity contribution >= 4 is 29.7 Å². The molecule has 2 atom stereocenters. The van der Waals surface area contributed by atoms with Crippen LogP contribution < -0.4 is 5.32 Å². The number of thioether (sulfide) groups is 1. The Morgan fingerprint density at radius 3 is 2.19 bits per heavy atom. The molecule has 3 rings (SSSR count). The summed E-state index contributed by atoms with van der Waals surface area (Å²) in [6.45, 7) is 1.57. The monoisotopic (exact) mass is 456 g/mol. The van der Waals surface area contributed by atoms with Crippen LogP contribution in [0.3, 0.4) is 0 Å². The highest BCUT2D eigenvalue weighted by Gasteiger charge is 2.31. The molecule has 1 aliphatic rings. The van der Waals surface area contributed by atoms with Crippen LogP contribution in [0.2, 0.25) is 0 Å². The van der Waals surface area contributed by atoms with Crippen LogP contribution in [-0.4, -0.2) is 65.7 Å². The van der Waals surface area contributed by atoms with Crippen molar-refractivity contribution in [2.45, 2.75) is 31.3 Å². The Hall–Kier alpha value is -3.00. The molecule has 0 saturated heterocycles. The first kappa shape index (κ1) is 23.7. The Morgan fingerprint density at radius 2 is 1.66 bits per heavy atom. The van der Waals surface area contributed by atoms with Crippen molar-refractivity contribution in [2.75, 3.05) is 25.7 Å². The van der Waals surface area contributed by atoms with Gasteiger partial charge in [-0.1, -0.05) is 48.5 Å². The lowest BCUT2D eigenvalue weighted by Crippen LogP contribution is -2.51. The van der Waals surface area contributed by atoms with Crippen molar-refractivity contribution in [1.82, 2.24) is 10.2 Å². The smallest absolute Gasteiger partial charge is 0.407 e. The molecule has 0 radical (unpaired) electrons. The fraction of sp³-hybridized carbons (Fsp3) is 0.375. The highest BCUT2D eigenvalue weighted by atomic mass is 32.2. The zero-order valence-electron chi connectivity index (χ0n) is 18.4. The summed E-state index contributed by atoms with van der Waals surface area (Å²) in [5, 5.41) is 11.8. The molecule has 0 spiro atoms. The van der Waals surface area contributed by atoms with E-state index in [2.05, 4.69) is 17.4 Å². The number of carboxylic acid groups (broad SMARTS) is 1. The van der Waals surface area contributed by atoms with Crippen LogP contribution >= 0.6 is 11.8 Å². The first-order valence-electron chi connectivity index (χ1n) is 10.4. The van der Waals surface area contributed by atoms with Crippen LogP contribution in [0.4, 0.5) is 4.79 Å². The molecule has 0 aromatic heterocycles. The minimum atomic E-state index is -1.11. The number of carbonyl (C=O) groups excluding carboxylic acids is 2. The van der Waals surface area contributed by atoms with Gasteiger partial charge in [0.25, 0.3) is 0 Å². The number of benzene rings is 2. The van der Waals surface area contributed by atoms with E-state index in [9.17, 15) is 19.5 Å². The van der Waals surface area contributed by atoms with Gasteiger partial charge in [0.2, 0.25) is 5.91 Å². The zero-order valence-corrected chi connectivity index (χ0v) is 19.2. The highest BCUT2D eigenvalue weighted by molar-refractivity contribution is 7.98. The van der Waals surface area contributed by atoms with Crippen LogP contribution in [-0.2, 0) is 14.3 Å². The van der Waals surface area contributed by atoms with E-state index in [4.69, 9.17) is 4.74 Å². The van der Waals surface area contributed by atoms with E-state index in [1.807, 2.05) is 42.7 Å². The minimum absolute atomic E-state index is 0.0804. The predicted molar refractivity (Wildman–Crippen MR) is 125 cm³/mol. The maximum absolute atomic E-state index is 12.8. The van der Waals surface area contributed by atoms with Gasteiger partial charge in [-0.05, 0) is 47.6 Å². The van der Waals surface area contributed by atoms with Gasteiger partial charge in [0.15, 0.2) is 0 Å². The van der Waals surface area contributed by atoms with Crippen molar-refractivity contribution in [1.29, 1.82) is 0 Å². The number of carbonyl (C=O) groups is 3. The van der Waals surface area contributed by atoms with E-state index in [0.717, 1.165) is 27.2 Å². The molecule has 0 heterocycles. The molecule has 2 N–H and O–H groups in total. The lowest BCUT2D eigenvalue weighted by Gasteiger charge is -2.27. The molecule has 170 valence electrons. The molecule has 7 nitrogen and oxygen atoms in total. The summed E-state index contributed by atoms with van der Waals surface area (Å²) in [5.41, 5.74) is 4.47. The molecule has 0 fully saturated rings. The SMILES string of the molecule is CSCC[C@H](NC(=O)OCC1c2ccccc2-c2ccccc21)C(=O)N(C)[C@@H](C)C(=O)O. The lowest BCUT2D eigenvalue weighted by molar-refractivity contribution is -0.149. The summed E-state index contributed by atoms with van der Waals surface area (Å²) in [5.74, 6) is -1.01. The number of fused-ring (bicyclic) bond motifs is 3. The second kappa shape index (κ2) is 10.5. The lowest BCUT2D eigenvalue weighted by atomic mass is 9.98. The molecule has 2 aromatic carbocycles. The summed E-state index contributed by atoms with van der Waals surface area (Å²) in [6, 6.07) is 14.2. The Bertz CT molecular complexity index is 950. The van der Waals surface area contributed by atoms with Gasteiger partial charge >= 0.3 is 12.1 Å². The van der Waals surface area contributed by atoms with E-state index < -0.39 is 30.1 Å². The number of alkyl carbamates (subject to hydrolysis) is 1. The Labute approximate surface area is 192 Å². The molecule has 8 heteroatoms. The number of rotatable bonds is 9. The van der Waals surface area contributed by atoms with Crippen LogP contribution in [0.15, 0.2) is 48.5 Å². The van der Waals surface area contributed by atoms with Crippen LogP contribution in [0.25, 0.3) is 11.1 Å². The van der Waals surface area contributed by atoms with E-state index in [1.54, 1.807) is 11.8 Å². The number of likely N-dealkylation sites (N-methyl/N-ethyl adjacent to an activating group) is 1. The fourth-order valence-corrected chi connectivity index (χ4v) is 4.35. The number of nitrogens with one attached hydrogen (secondary N) is 1. The first-order chi connectivity index (χ1) is 15.3. The van der Waals surface area contributed by atoms with Gasteiger partial charge in [0, 0.05) is 13.0 Å². The third-order valence-electron chi connectivity index (χ3n) is 5.83. The van der Waals surface area contributed by atoms with Gasteiger partial charge in [-0.3, -0.25) is 4.79 Å². The number of ether oxygens (including phenoxy) is 1. The summed E-state index contributed by atoms with van der Waals surface area (Å²) in [6.07, 6.45) is 1.59. The number of amides is 2. The van der Waals surface area contributed by atoms with E-state index >= 15 is 0 Å². The van der Waals surface area contributed by atoms with Crippen molar-refractivity contribution in [3.63, 3.8) is 0 Å².